The number of Topliss-reactive ketones (excluding diaryl/α,β-unsaturated/α-hetero) is 1. The number of fused-ring (bicyclic) bond motifs is 1. The van der Waals surface area contributed by atoms with Gasteiger partial charge in [-0.15, -0.1) is 0 Å². The Kier molecular flexibility index (Phi) is 3.32. The van der Waals surface area contributed by atoms with Gasteiger partial charge in [0.05, 0.1) is 10.4 Å². The Balaban J connectivity index is 1.88. The first-order valence-corrected chi connectivity index (χ1v) is 9.54. The van der Waals surface area contributed by atoms with Crippen molar-refractivity contribution in [1.29, 1.82) is 0 Å². The monoisotopic (exact) mass is 329 g/mol. The van der Waals surface area contributed by atoms with Crippen LogP contribution in [0.2, 0.25) is 0 Å². The summed E-state index contributed by atoms with van der Waals surface area (Å²) in [6.07, 6.45) is 3.38. The van der Waals surface area contributed by atoms with E-state index in [9.17, 15) is 13.2 Å². The molecular weight excluding hydrogens is 310 g/mol. The van der Waals surface area contributed by atoms with Crippen molar-refractivity contribution in [2.24, 2.45) is 0 Å². The summed E-state index contributed by atoms with van der Waals surface area (Å²) in [6.45, 7) is 0.442. The maximum absolute atomic E-state index is 13.3. The molecule has 1 heterocycles. The average Bonchev–Trinajstić information content (AvgIpc) is 3.15. The van der Waals surface area contributed by atoms with Crippen LogP contribution >= 0.6 is 0 Å². The quantitative estimate of drug-likeness (QED) is 0.850. The van der Waals surface area contributed by atoms with Crippen LogP contribution in [-0.2, 0) is 14.8 Å². The number of carbonyl (C=O) groups excluding carboxylic acids is 1. The molecule has 2 aromatic carbocycles. The van der Waals surface area contributed by atoms with Crippen molar-refractivity contribution in [2.75, 3.05) is 6.54 Å². The summed E-state index contributed by atoms with van der Waals surface area (Å²) in [6, 6.07) is 12.8. The molecule has 120 valence electrons. The lowest BCUT2D eigenvalue weighted by Crippen LogP contribution is -2.50. The lowest BCUT2D eigenvalue weighted by atomic mass is 9.95. The van der Waals surface area contributed by atoms with Gasteiger partial charge >= 0.3 is 0 Å². The van der Waals surface area contributed by atoms with Crippen molar-refractivity contribution in [3.63, 3.8) is 0 Å². The van der Waals surface area contributed by atoms with Crippen LogP contribution in [0.4, 0.5) is 0 Å². The maximum atomic E-state index is 13.3. The minimum absolute atomic E-state index is 0.0961. The molecule has 4 nitrogen and oxygen atoms in total. The number of ketones is 1. The molecular formula is C18H19NO3S. The molecule has 4 rings (SSSR count). The topological polar surface area (TPSA) is 54.5 Å². The smallest absolute Gasteiger partial charge is 0.244 e. The average molecular weight is 329 g/mol. The molecule has 1 saturated carbocycles. The van der Waals surface area contributed by atoms with Gasteiger partial charge in [0.1, 0.15) is 0 Å². The van der Waals surface area contributed by atoms with Crippen molar-refractivity contribution in [1.82, 2.24) is 4.31 Å². The summed E-state index contributed by atoms with van der Waals surface area (Å²) in [5, 5.41) is 1.63. The summed E-state index contributed by atoms with van der Waals surface area (Å²) in [7, 11) is -3.68. The van der Waals surface area contributed by atoms with E-state index in [1.54, 1.807) is 12.1 Å². The summed E-state index contributed by atoms with van der Waals surface area (Å²) in [4.78, 5) is 12.8. The lowest BCUT2D eigenvalue weighted by molar-refractivity contribution is -0.124. The van der Waals surface area contributed by atoms with Gasteiger partial charge in [0.2, 0.25) is 10.0 Å². The zero-order valence-electron chi connectivity index (χ0n) is 12.9. The highest BCUT2D eigenvalue weighted by molar-refractivity contribution is 7.89. The molecule has 1 unspecified atom stereocenters. The van der Waals surface area contributed by atoms with Crippen molar-refractivity contribution < 1.29 is 13.2 Å². The van der Waals surface area contributed by atoms with E-state index < -0.39 is 15.6 Å². The van der Waals surface area contributed by atoms with Gasteiger partial charge < -0.3 is 0 Å². The molecule has 0 bridgehead atoms. The van der Waals surface area contributed by atoms with Gasteiger partial charge in [0.25, 0.3) is 0 Å². The van der Waals surface area contributed by atoms with E-state index >= 15 is 0 Å². The molecule has 1 saturated heterocycles. The Bertz CT molecular complexity index is 881. The standard InChI is InChI=1S/C18H19NO3S/c20-17-10-4-11-18(17)12-5-13-19(18)23(21,22)16-9-3-7-14-6-1-2-8-15(14)16/h1-3,6-9H,4-5,10-13H2. The minimum Gasteiger partial charge on any atom is -0.298 e. The highest BCUT2D eigenvalue weighted by atomic mass is 32.2. The van der Waals surface area contributed by atoms with E-state index in [1.807, 2.05) is 30.3 Å². The molecule has 23 heavy (non-hydrogen) atoms. The molecule has 0 amide bonds. The first-order valence-electron chi connectivity index (χ1n) is 8.10. The Morgan fingerprint density at radius 2 is 1.70 bits per heavy atom. The number of hydrogen-bond acceptors (Lipinski definition) is 3. The number of hydrogen-bond donors (Lipinski definition) is 0. The van der Waals surface area contributed by atoms with Gasteiger partial charge in [-0.1, -0.05) is 36.4 Å². The van der Waals surface area contributed by atoms with Gasteiger partial charge in [0, 0.05) is 18.4 Å². The van der Waals surface area contributed by atoms with Crippen LogP contribution in [0.5, 0.6) is 0 Å². The molecule has 2 fully saturated rings. The third-order valence-electron chi connectivity index (χ3n) is 5.26. The van der Waals surface area contributed by atoms with Crippen molar-refractivity contribution in [3.05, 3.63) is 42.5 Å². The Labute approximate surface area is 136 Å². The SMILES string of the molecule is O=C1CCCC12CCCN2S(=O)(=O)c1cccc2ccccc12. The van der Waals surface area contributed by atoms with Crippen LogP contribution in [0.1, 0.15) is 32.1 Å². The normalized spacial score (nSPS) is 25.7. The Morgan fingerprint density at radius 1 is 0.957 bits per heavy atom. The van der Waals surface area contributed by atoms with Crippen LogP contribution in [0, 0.1) is 0 Å². The summed E-state index contributed by atoms with van der Waals surface area (Å²) >= 11 is 0. The molecule has 2 aromatic rings. The van der Waals surface area contributed by atoms with Crippen LogP contribution in [0.3, 0.4) is 0 Å². The molecule has 1 aliphatic carbocycles. The lowest BCUT2D eigenvalue weighted by Gasteiger charge is -2.32. The summed E-state index contributed by atoms with van der Waals surface area (Å²) in [5.74, 6) is 0.0961. The zero-order chi connectivity index (χ0) is 16.1. The third kappa shape index (κ3) is 2.07. The number of benzene rings is 2. The maximum Gasteiger partial charge on any atom is 0.244 e. The summed E-state index contributed by atoms with van der Waals surface area (Å²) < 4.78 is 28.2. The number of sulfonamides is 1. The van der Waals surface area contributed by atoms with E-state index in [0.29, 0.717) is 30.7 Å². The highest BCUT2D eigenvalue weighted by Crippen LogP contribution is 2.44. The van der Waals surface area contributed by atoms with E-state index in [2.05, 4.69) is 0 Å². The van der Waals surface area contributed by atoms with Gasteiger partial charge in [-0.25, -0.2) is 8.42 Å². The number of nitrogens with zero attached hydrogens (tertiary/aromatic N) is 1. The van der Waals surface area contributed by atoms with Crippen LogP contribution in [0.25, 0.3) is 10.8 Å². The Hall–Kier alpha value is -1.72. The van der Waals surface area contributed by atoms with E-state index in [0.717, 1.165) is 23.6 Å². The van der Waals surface area contributed by atoms with Crippen molar-refractivity contribution >= 4 is 26.6 Å². The van der Waals surface area contributed by atoms with E-state index in [4.69, 9.17) is 0 Å². The van der Waals surface area contributed by atoms with Crippen LogP contribution < -0.4 is 0 Å². The predicted octanol–water partition coefficient (Wildman–Crippen LogP) is 3.12. The third-order valence-corrected chi connectivity index (χ3v) is 7.28. The summed E-state index contributed by atoms with van der Waals surface area (Å²) in [5.41, 5.74) is -0.782. The molecule has 0 aromatic heterocycles. The van der Waals surface area contributed by atoms with Crippen molar-refractivity contribution in [2.45, 2.75) is 42.5 Å². The molecule has 1 spiro atoms. The fourth-order valence-electron chi connectivity index (χ4n) is 4.19. The second-order valence-corrected chi connectivity index (χ2v) is 8.30. The minimum atomic E-state index is -3.68. The largest absolute Gasteiger partial charge is 0.298 e. The molecule has 1 aliphatic heterocycles. The fraction of sp³-hybridized carbons (Fsp3) is 0.389. The highest BCUT2D eigenvalue weighted by Gasteiger charge is 2.54. The Morgan fingerprint density at radius 3 is 2.48 bits per heavy atom. The first kappa shape index (κ1) is 14.8. The van der Waals surface area contributed by atoms with Gasteiger partial charge in [0.15, 0.2) is 5.78 Å². The molecule has 0 radical (unpaired) electrons. The molecule has 1 atom stereocenters. The molecule has 5 heteroatoms. The fourth-order valence-corrected chi connectivity index (χ4v) is 6.25. The molecule has 0 N–H and O–H groups in total. The van der Waals surface area contributed by atoms with Gasteiger partial charge in [-0.2, -0.15) is 4.31 Å². The van der Waals surface area contributed by atoms with Crippen LogP contribution in [0.15, 0.2) is 47.4 Å². The van der Waals surface area contributed by atoms with Crippen molar-refractivity contribution in [3.8, 4) is 0 Å². The van der Waals surface area contributed by atoms with E-state index in [1.165, 1.54) is 4.31 Å². The number of rotatable bonds is 2. The zero-order valence-corrected chi connectivity index (χ0v) is 13.7. The predicted molar refractivity (Wildman–Crippen MR) is 88.7 cm³/mol. The van der Waals surface area contributed by atoms with Gasteiger partial charge in [-0.05, 0) is 37.1 Å². The van der Waals surface area contributed by atoms with Gasteiger partial charge in [-0.3, -0.25) is 4.79 Å². The second kappa shape index (κ2) is 5.14. The first-order chi connectivity index (χ1) is 11.1. The second-order valence-electron chi connectivity index (χ2n) is 6.47. The molecule has 2 aliphatic rings. The van der Waals surface area contributed by atoms with Crippen LogP contribution in [-0.4, -0.2) is 30.6 Å². The number of carbonyl (C=O) groups is 1. The van der Waals surface area contributed by atoms with E-state index in [-0.39, 0.29) is 5.78 Å².